The van der Waals surface area contributed by atoms with Gasteiger partial charge >= 0.3 is 0 Å². The van der Waals surface area contributed by atoms with Gasteiger partial charge in [0.05, 0.1) is 0 Å². The second-order valence-corrected chi connectivity index (χ2v) is 4.62. The van der Waals surface area contributed by atoms with Gasteiger partial charge in [-0.3, -0.25) is 4.79 Å². The molecule has 0 radical (unpaired) electrons. The molecule has 2 rings (SSSR count). The van der Waals surface area contributed by atoms with Gasteiger partial charge in [-0.25, -0.2) is 8.78 Å². The van der Waals surface area contributed by atoms with Crippen molar-refractivity contribution in [3.05, 3.63) is 64.1 Å². The van der Waals surface area contributed by atoms with Gasteiger partial charge in [0.25, 0.3) is 0 Å². The molecule has 2 aromatic carbocycles. The van der Waals surface area contributed by atoms with Crippen LogP contribution in [0.5, 0.6) is 5.75 Å². The normalized spacial score (nSPS) is 10.3. The van der Waals surface area contributed by atoms with Gasteiger partial charge in [-0.1, -0.05) is 34.1 Å². The third kappa shape index (κ3) is 3.38. The van der Waals surface area contributed by atoms with E-state index in [1.165, 1.54) is 0 Å². The lowest BCUT2D eigenvalue weighted by Crippen LogP contribution is -2.12. The lowest BCUT2D eigenvalue weighted by atomic mass is 10.1. The molecule has 0 amide bonds. The SMILES string of the molecule is O=C(COc1ccc(F)cc1F)c1ccccc1Br. The first-order valence-electron chi connectivity index (χ1n) is 5.43. The van der Waals surface area contributed by atoms with Crippen LogP contribution >= 0.6 is 15.9 Å². The van der Waals surface area contributed by atoms with Crippen LogP contribution in [0.1, 0.15) is 10.4 Å². The van der Waals surface area contributed by atoms with Crippen LogP contribution in [-0.2, 0) is 0 Å². The van der Waals surface area contributed by atoms with Crippen LogP contribution in [0.2, 0.25) is 0 Å². The summed E-state index contributed by atoms with van der Waals surface area (Å²) in [7, 11) is 0. The van der Waals surface area contributed by atoms with E-state index in [1.54, 1.807) is 24.3 Å². The Labute approximate surface area is 117 Å². The van der Waals surface area contributed by atoms with E-state index in [4.69, 9.17) is 4.74 Å². The molecule has 0 aliphatic carbocycles. The predicted molar refractivity (Wildman–Crippen MR) is 70.3 cm³/mol. The molecule has 0 aliphatic heterocycles. The number of hydrogen-bond donors (Lipinski definition) is 0. The van der Waals surface area contributed by atoms with E-state index >= 15 is 0 Å². The monoisotopic (exact) mass is 326 g/mol. The minimum Gasteiger partial charge on any atom is -0.482 e. The van der Waals surface area contributed by atoms with E-state index in [1.807, 2.05) is 0 Å². The summed E-state index contributed by atoms with van der Waals surface area (Å²) >= 11 is 3.25. The molecule has 2 aromatic rings. The van der Waals surface area contributed by atoms with Gasteiger partial charge in [-0.2, -0.15) is 0 Å². The highest BCUT2D eigenvalue weighted by atomic mass is 79.9. The number of ether oxygens (including phenoxy) is 1. The van der Waals surface area contributed by atoms with Gasteiger partial charge in [0, 0.05) is 16.1 Å². The number of carbonyl (C=O) groups is 1. The van der Waals surface area contributed by atoms with Gasteiger partial charge in [0.15, 0.2) is 18.2 Å². The Balaban J connectivity index is 2.07. The van der Waals surface area contributed by atoms with Crippen molar-refractivity contribution >= 4 is 21.7 Å². The number of ketones is 1. The summed E-state index contributed by atoms with van der Waals surface area (Å²) < 4.78 is 31.7. The fourth-order valence-corrected chi connectivity index (χ4v) is 2.01. The van der Waals surface area contributed by atoms with Gasteiger partial charge < -0.3 is 4.74 Å². The summed E-state index contributed by atoms with van der Waals surface area (Å²) in [6.07, 6.45) is 0. The molecule has 0 saturated heterocycles. The van der Waals surface area contributed by atoms with E-state index in [2.05, 4.69) is 15.9 Å². The van der Waals surface area contributed by atoms with Crippen molar-refractivity contribution in [2.45, 2.75) is 0 Å². The smallest absolute Gasteiger partial charge is 0.201 e. The summed E-state index contributed by atoms with van der Waals surface area (Å²) in [4.78, 5) is 11.9. The van der Waals surface area contributed by atoms with Crippen LogP contribution in [-0.4, -0.2) is 12.4 Å². The number of carbonyl (C=O) groups excluding carboxylic acids is 1. The van der Waals surface area contributed by atoms with Crippen LogP contribution in [0.3, 0.4) is 0 Å². The zero-order valence-electron chi connectivity index (χ0n) is 9.70. The maximum Gasteiger partial charge on any atom is 0.201 e. The minimum absolute atomic E-state index is 0.151. The van der Waals surface area contributed by atoms with Gasteiger partial charge in [-0.05, 0) is 18.2 Å². The third-order valence-corrected chi connectivity index (χ3v) is 3.12. The maximum atomic E-state index is 13.3. The fraction of sp³-hybridized carbons (Fsp3) is 0.0714. The van der Waals surface area contributed by atoms with E-state index in [-0.39, 0.29) is 18.1 Å². The lowest BCUT2D eigenvalue weighted by Gasteiger charge is -2.07. The molecule has 5 heteroatoms. The molecule has 0 fully saturated rings. The second kappa shape index (κ2) is 5.93. The van der Waals surface area contributed by atoms with Crippen molar-refractivity contribution in [1.29, 1.82) is 0 Å². The second-order valence-electron chi connectivity index (χ2n) is 3.77. The predicted octanol–water partition coefficient (Wildman–Crippen LogP) is 3.99. The van der Waals surface area contributed by atoms with Crippen molar-refractivity contribution in [3.63, 3.8) is 0 Å². The Kier molecular flexibility index (Phi) is 4.27. The number of rotatable bonds is 4. The Morgan fingerprint density at radius 3 is 2.58 bits per heavy atom. The third-order valence-electron chi connectivity index (χ3n) is 2.43. The number of benzene rings is 2. The number of hydrogen-bond acceptors (Lipinski definition) is 2. The average Bonchev–Trinajstić information content (AvgIpc) is 2.38. The van der Waals surface area contributed by atoms with Crippen molar-refractivity contribution in [3.8, 4) is 5.75 Å². The van der Waals surface area contributed by atoms with Gasteiger partial charge in [0.1, 0.15) is 5.82 Å². The molecule has 0 aromatic heterocycles. The fourth-order valence-electron chi connectivity index (χ4n) is 1.50. The summed E-state index contributed by atoms with van der Waals surface area (Å²) in [5.41, 5.74) is 0.449. The highest BCUT2D eigenvalue weighted by Gasteiger charge is 2.12. The van der Waals surface area contributed by atoms with Crippen molar-refractivity contribution in [1.82, 2.24) is 0 Å². The van der Waals surface area contributed by atoms with Crippen LogP contribution in [0.15, 0.2) is 46.9 Å². The zero-order valence-corrected chi connectivity index (χ0v) is 11.3. The summed E-state index contributed by atoms with van der Waals surface area (Å²) in [6.45, 7) is -0.314. The van der Waals surface area contributed by atoms with E-state index < -0.39 is 11.6 Å². The lowest BCUT2D eigenvalue weighted by molar-refractivity contribution is 0.0918. The van der Waals surface area contributed by atoms with E-state index in [0.717, 1.165) is 12.1 Å². The van der Waals surface area contributed by atoms with E-state index in [0.29, 0.717) is 16.1 Å². The molecule has 0 heterocycles. The van der Waals surface area contributed by atoms with Crippen molar-refractivity contribution < 1.29 is 18.3 Å². The summed E-state index contributed by atoms with van der Waals surface area (Å²) in [5, 5.41) is 0. The van der Waals surface area contributed by atoms with Crippen LogP contribution in [0, 0.1) is 11.6 Å². The molecule has 0 N–H and O–H groups in total. The summed E-state index contributed by atoms with van der Waals surface area (Å²) in [6, 6.07) is 9.79. The Hall–Kier alpha value is -1.75. The largest absolute Gasteiger partial charge is 0.482 e. The Bertz CT molecular complexity index is 614. The average molecular weight is 327 g/mol. The topological polar surface area (TPSA) is 26.3 Å². The minimum atomic E-state index is -0.833. The first kappa shape index (κ1) is 13.7. The van der Waals surface area contributed by atoms with Crippen LogP contribution in [0.25, 0.3) is 0 Å². The molecule has 0 spiro atoms. The van der Waals surface area contributed by atoms with Crippen LogP contribution < -0.4 is 4.74 Å². The van der Waals surface area contributed by atoms with Crippen LogP contribution in [0.4, 0.5) is 8.78 Å². The maximum absolute atomic E-state index is 13.3. The number of Topliss-reactive ketones (excluding diaryl/α,β-unsaturated/α-hetero) is 1. The van der Waals surface area contributed by atoms with Gasteiger partial charge in [-0.15, -0.1) is 0 Å². The quantitative estimate of drug-likeness (QED) is 0.794. The molecular weight excluding hydrogens is 318 g/mol. The highest BCUT2D eigenvalue weighted by molar-refractivity contribution is 9.10. The van der Waals surface area contributed by atoms with Crippen molar-refractivity contribution in [2.75, 3.05) is 6.61 Å². The van der Waals surface area contributed by atoms with Gasteiger partial charge in [0.2, 0.25) is 5.78 Å². The first-order chi connectivity index (χ1) is 9.08. The molecule has 0 aliphatic rings. The van der Waals surface area contributed by atoms with E-state index in [9.17, 15) is 13.6 Å². The Morgan fingerprint density at radius 1 is 1.16 bits per heavy atom. The van der Waals surface area contributed by atoms with Crippen molar-refractivity contribution in [2.24, 2.45) is 0 Å². The number of halogens is 3. The molecule has 0 atom stereocenters. The molecular formula is C14H9BrF2O2. The molecule has 98 valence electrons. The molecule has 19 heavy (non-hydrogen) atoms. The summed E-state index contributed by atoms with van der Waals surface area (Å²) in [5.74, 6) is -1.97. The Morgan fingerprint density at radius 2 is 1.89 bits per heavy atom. The highest BCUT2D eigenvalue weighted by Crippen LogP contribution is 2.20. The zero-order chi connectivity index (χ0) is 13.8. The standard InChI is InChI=1S/C14H9BrF2O2/c15-11-4-2-1-3-10(11)13(18)8-19-14-6-5-9(16)7-12(14)17/h1-7H,8H2. The molecule has 2 nitrogen and oxygen atoms in total. The molecule has 0 saturated carbocycles. The molecule has 0 unspecified atom stereocenters. The first-order valence-corrected chi connectivity index (χ1v) is 6.23. The molecule has 0 bridgehead atoms.